The number of hydrogen-bond donors (Lipinski definition) is 0. The van der Waals surface area contributed by atoms with E-state index < -0.39 is 31.1 Å². The minimum Gasteiger partial charge on any atom is -0.421 e. The van der Waals surface area contributed by atoms with E-state index in [9.17, 15) is 43.2 Å². The average Bonchev–Trinajstić information content (AvgIpc) is 2.43. The minimum absolute atomic E-state index is 0.778. The van der Waals surface area contributed by atoms with Gasteiger partial charge < -0.3 is 8.61 Å². The second-order valence-corrected chi connectivity index (χ2v) is 9.54. The van der Waals surface area contributed by atoms with Gasteiger partial charge in [-0.2, -0.15) is 26.3 Å². The van der Waals surface area contributed by atoms with Crippen LogP contribution in [0.4, 0.5) is 26.3 Å². The van der Waals surface area contributed by atoms with Crippen molar-refractivity contribution in [2.75, 3.05) is 26.7 Å². The Hall–Kier alpha value is -0.600. The lowest BCUT2D eigenvalue weighted by molar-refractivity contribution is -0.914. The quantitative estimate of drug-likeness (QED) is 0.488. The van der Waals surface area contributed by atoms with Crippen molar-refractivity contribution in [3.8, 4) is 0 Å². The molecule has 0 unspecified atom stereocenters. The third-order valence-electron chi connectivity index (χ3n) is 3.73. The minimum atomic E-state index is -6.72. The Morgan fingerprint density at radius 1 is 0.846 bits per heavy atom. The van der Waals surface area contributed by atoms with E-state index in [0.29, 0.717) is 0 Å². The van der Waals surface area contributed by atoms with Gasteiger partial charge in [-0.1, -0.05) is 13.3 Å². The van der Waals surface area contributed by atoms with Crippen molar-refractivity contribution in [3.05, 3.63) is 4.13 Å². The smallest absolute Gasteiger partial charge is 0.421 e. The Balaban J connectivity index is 0.000000502. The molecule has 0 aromatic heterocycles. The molecule has 0 bridgehead atoms. The molecule has 0 N–H and O–H groups in total. The Morgan fingerprint density at radius 2 is 1.23 bits per heavy atom. The molecule has 158 valence electrons. The van der Waals surface area contributed by atoms with Gasteiger partial charge in [0.25, 0.3) is 0 Å². The molecule has 14 heteroatoms. The number of sulfonamides is 2. The fourth-order valence-corrected chi connectivity index (χ4v) is 3.96. The lowest BCUT2D eigenvalue weighted by atomic mass is 10.1. The average molecular weight is 436 g/mol. The van der Waals surface area contributed by atoms with Crippen LogP contribution in [0.3, 0.4) is 0 Å². The Kier molecular flexibility index (Phi) is 8.85. The van der Waals surface area contributed by atoms with Crippen LogP contribution in [0.2, 0.25) is 0 Å². The normalized spacial score (nSPS) is 18.8. The highest BCUT2D eigenvalue weighted by Crippen LogP contribution is 2.36. The van der Waals surface area contributed by atoms with Gasteiger partial charge in [-0.05, 0) is 25.7 Å². The summed E-state index contributed by atoms with van der Waals surface area (Å²) in [5, 5.41) is 0. The first kappa shape index (κ1) is 25.4. The number of quaternary nitrogens is 1. The van der Waals surface area contributed by atoms with Crippen LogP contribution in [-0.2, 0) is 20.0 Å². The van der Waals surface area contributed by atoms with Crippen molar-refractivity contribution >= 4 is 20.0 Å². The first-order valence-corrected chi connectivity index (χ1v) is 10.6. The molecule has 1 aliphatic heterocycles. The summed E-state index contributed by atoms with van der Waals surface area (Å²) in [7, 11) is -11.0. The van der Waals surface area contributed by atoms with E-state index in [1.165, 1.54) is 56.2 Å². The number of piperidine rings is 1. The van der Waals surface area contributed by atoms with Crippen LogP contribution in [0.1, 0.15) is 39.0 Å². The monoisotopic (exact) mass is 436 g/mol. The second kappa shape index (κ2) is 9.06. The van der Waals surface area contributed by atoms with Crippen molar-refractivity contribution < 1.29 is 47.7 Å². The van der Waals surface area contributed by atoms with E-state index >= 15 is 0 Å². The molecule has 1 rings (SSSR count). The van der Waals surface area contributed by atoms with Crippen molar-refractivity contribution in [2.45, 2.75) is 50.0 Å². The number of alkyl halides is 6. The highest BCUT2D eigenvalue weighted by Gasteiger charge is 2.46. The predicted octanol–water partition coefficient (Wildman–Crippen LogP) is 3.48. The van der Waals surface area contributed by atoms with Crippen LogP contribution in [0.15, 0.2) is 0 Å². The van der Waals surface area contributed by atoms with E-state index in [-0.39, 0.29) is 0 Å². The first-order chi connectivity index (χ1) is 11.5. The maximum atomic E-state index is 11.4. The summed E-state index contributed by atoms with van der Waals surface area (Å²) in [6.45, 7) is 6.56. The third kappa shape index (κ3) is 7.96. The molecule has 26 heavy (non-hydrogen) atoms. The molecule has 0 saturated carbocycles. The van der Waals surface area contributed by atoms with E-state index in [4.69, 9.17) is 0 Å². The highest BCUT2D eigenvalue weighted by atomic mass is 32.3. The molecular formula is C12H22F6N2O4S2. The van der Waals surface area contributed by atoms with Crippen molar-refractivity contribution in [3.63, 3.8) is 0 Å². The van der Waals surface area contributed by atoms with Crippen molar-refractivity contribution in [2.24, 2.45) is 0 Å². The summed E-state index contributed by atoms with van der Waals surface area (Å²) < 4.78 is 111. The summed E-state index contributed by atoms with van der Waals surface area (Å²) in [6.07, 6.45) is 7.16. The molecule has 0 amide bonds. The van der Waals surface area contributed by atoms with Gasteiger partial charge >= 0.3 is 11.0 Å². The molecule has 0 aromatic rings. The van der Waals surface area contributed by atoms with Gasteiger partial charge in [-0.3, -0.25) is 0 Å². The summed E-state index contributed by atoms with van der Waals surface area (Å²) in [4.78, 5) is 0. The fourth-order valence-electron chi connectivity index (χ4n) is 2.25. The van der Waals surface area contributed by atoms with E-state index in [1.807, 2.05) is 0 Å². The van der Waals surface area contributed by atoms with Gasteiger partial charge in [0, 0.05) is 0 Å². The maximum absolute atomic E-state index is 11.4. The molecule has 1 heterocycles. The molecule has 0 aliphatic carbocycles. The lowest BCUT2D eigenvalue weighted by Gasteiger charge is -2.37. The molecule has 0 aromatic carbocycles. The maximum Gasteiger partial charge on any atom is 0.480 e. The van der Waals surface area contributed by atoms with Crippen LogP contribution < -0.4 is 0 Å². The molecule has 0 atom stereocenters. The van der Waals surface area contributed by atoms with Crippen molar-refractivity contribution in [1.29, 1.82) is 0 Å². The predicted molar refractivity (Wildman–Crippen MR) is 82.9 cm³/mol. The molecule has 1 fully saturated rings. The lowest BCUT2D eigenvalue weighted by Crippen LogP contribution is -2.48. The van der Waals surface area contributed by atoms with E-state index in [1.54, 1.807) is 0 Å². The van der Waals surface area contributed by atoms with Crippen LogP contribution >= 0.6 is 0 Å². The van der Waals surface area contributed by atoms with Crippen LogP contribution in [0, 0.1) is 0 Å². The summed E-state index contributed by atoms with van der Waals surface area (Å²) in [5.74, 6) is 0. The van der Waals surface area contributed by atoms with Crippen LogP contribution in [0.25, 0.3) is 4.13 Å². The van der Waals surface area contributed by atoms with Gasteiger partial charge in [0.1, 0.15) is 0 Å². The van der Waals surface area contributed by atoms with Crippen LogP contribution in [-0.4, -0.2) is 59.0 Å². The zero-order valence-electron chi connectivity index (χ0n) is 14.3. The van der Waals surface area contributed by atoms with Gasteiger partial charge in [0.05, 0.1) is 26.7 Å². The Bertz CT molecular complexity index is 596. The van der Waals surface area contributed by atoms with Crippen molar-refractivity contribution in [1.82, 2.24) is 0 Å². The summed E-state index contributed by atoms with van der Waals surface area (Å²) in [6, 6.07) is 0. The molecule has 0 radical (unpaired) electrons. The molecule has 6 nitrogen and oxygen atoms in total. The standard InChI is InChI=1S/C10H22N.C2F6NO4S2/c1-3-4-8-11(2)9-6-5-7-10-11;3-1(4,5)14(10,11)9-15(12,13)2(6,7)8/h3-10H2,1-2H3;/q+1;-1. The number of hydrogen-bond acceptors (Lipinski definition) is 4. The number of unbranched alkanes of at least 4 members (excludes halogenated alkanes) is 1. The molecular weight excluding hydrogens is 414 g/mol. The van der Waals surface area contributed by atoms with Crippen LogP contribution in [0.5, 0.6) is 0 Å². The van der Waals surface area contributed by atoms with Gasteiger partial charge in [0.15, 0.2) is 20.0 Å². The Morgan fingerprint density at radius 3 is 1.54 bits per heavy atom. The van der Waals surface area contributed by atoms with Gasteiger partial charge in [-0.25, -0.2) is 16.8 Å². The van der Waals surface area contributed by atoms with E-state index in [2.05, 4.69) is 14.0 Å². The highest BCUT2D eigenvalue weighted by molar-refractivity contribution is 8.13. The third-order valence-corrected chi connectivity index (χ3v) is 6.47. The Labute approximate surface area is 149 Å². The molecule has 1 saturated heterocycles. The topological polar surface area (TPSA) is 82.4 Å². The van der Waals surface area contributed by atoms with E-state index in [0.717, 1.165) is 4.13 Å². The first-order valence-electron chi connectivity index (χ1n) is 7.68. The summed E-state index contributed by atoms with van der Waals surface area (Å²) >= 11 is 0. The zero-order valence-corrected chi connectivity index (χ0v) is 15.9. The largest absolute Gasteiger partial charge is 0.480 e. The summed E-state index contributed by atoms with van der Waals surface area (Å²) in [5.41, 5.74) is -12.4. The number of rotatable bonds is 5. The van der Waals surface area contributed by atoms with Gasteiger partial charge in [0.2, 0.25) is 0 Å². The molecule has 0 spiro atoms. The van der Waals surface area contributed by atoms with Gasteiger partial charge in [-0.15, -0.1) is 0 Å². The number of halogens is 6. The number of nitrogens with zero attached hydrogens (tertiary/aromatic N) is 2. The SMILES string of the molecule is CCCC[N+]1(C)CCCCC1.O=S(=O)([N-]S(=O)(=O)C(F)(F)F)C(F)(F)F. The molecule has 1 aliphatic rings. The second-order valence-electron chi connectivity index (χ2n) is 6.12. The fraction of sp³-hybridized carbons (Fsp3) is 1.00. The number of likely N-dealkylation sites (tertiary alicyclic amines) is 1. The zero-order chi connectivity index (χ0) is 20.9.